The minimum Gasteiger partial charge on any atom is -0.493 e. The lowest BCUT2D eigenvalue weighted by Crippen LogP contribution is -2.16. The number of hydrogen-bond donors (Lipinski definition) is 2. The first-order chi connectivity index (χ1) is 16.9. The monoisotopic (exact) mass is 552 g/mol. The van der Waals surface area contributed by atoms with Gasteiger partial charge in [0.1, 0.15) is 16.9 Å². The number of fused-ring (bicyclic) bond motifs is 1. The van der Waals surface area contributed by atoms with E-state index < -0.39 is 15.6 Å². The predicted molar refractivity (Wildman–Crippen MR) is 138 cm³/mol. The molecule has 4 aromatic rings. The van der Waals surface area contributed by atoms with Crippen LogP contribution in [0.4, 0.5) is 5.82 Å². The molecule has 11 nitrogen and oxygen atoms in total. The molecule has 0 saturated heterocycles. The van der Waals surface area contributed by atoms with Crippen molar-refractivity contribution in [3.63, 3.8) is 0 Å². The summed E-state index contributed by atoms with van der Waals surface area (Å²) in [4.78, 5) is 22.0. The molecule has 0 saturated carbocycles. The summed E-state index contributed by atoms with van der Waals surface area (Å²) in [6.45, 7) is 0. The predicted octanol–water partition coefficient (Wildman–Crippen LogP) is 2.74. The number of methoxy groups -OCH3 is 2. The zero-order valence-corrected chi connectivity index (χ0v) is 22.0. The van der Waals surface area contributed by atoms with Crippen LogP contribution in [0.5, 0.6) is 11.5 Å². The Morgan fingerprint density at radius 3 is 2.28 bits per heavy atom. The quantitative estimate of drug-likeness (QED) is 0.355. The van der Waals surface area contributed by atoms with E-state index in [2.05, 4.69) is 15.1 Å². The lowest BCUT2D eigenvalue weighted by atomic mass is 10.1. The van der Waals surface area contributed by atoms with E-state index >= 15 is 0 Å². The molecule has 0 radical (unpaired) electrons. The third-order valence-corrected chi connectivity index (χ3v) is 6.81. The third kappa shape index (κ3) is 4.72. The van der Waals surface area contributed by atoms with E-state index in [0.717, 1.165) is 5.56 Å². The molecule has 2 aromatic carbocycles. The lowest BCUT2D eigenvalue weighted by Gasteiger charge is -2.11. The van der Waals surface area contributed by atoms with Gasteiger partial charge in [-0.15, -0.1) is 5.10 Å². The number of H-pyrrole nitrogens is 1. The number of nitrogens with two attached hydrogens (primary N) is 1. The molecule has 36 heavy (non-hydrogen) atoms. The highest BCUT2D eigenvalue weighted by Gasteiger charge is 2.24. The topological polar surface area (TPSA) is 145 Å². The zero-order chi connectivity index (χ0) is 26.4. The highest BCUT2D eigenvalue weighted by molar-refractivity contribution is 7.89. The van der Waals surface area contributed by atoms with Gasteiger partial charge in [-0.3, -0.25) is 4.79 Å². The number of nitrogens with zero attached hydrogens (tertiary/aromatic N) is 4. The molecule has 0 amide bonds. The number of primary sulfonamides is 1. The summed E-state index contributed by atoms with van der Waals surface area (Å²) in [5.41, 5.74) is 0.727. The van der Waals surface area contributed by atoms with Crippen molar-refractivity contribution in [2.45, 2.75) is 11.3 Å². The Balaban J connectivity index is 1.92. The summed E-state index contributed by atoms with van der Waals surface area (Å²) in [5, 5.41) is 9.86. The number of aromatic amines is 1. The molecule has 0 aliphatic heterocycles. The first-order valence-corrected chi connectivity index (χ1v) is 12.7. The van der Waals surface area contributed by atoms with Crippen molar-refractivity contribution in [2.24, 2.45) is 5.14 Å². The molecule has 4 rings (SSSR count). The molecular formula is C22H22Cl2N6O5S. The second-order valence-corrected chi connectivity index (χ2v) is 10.4. The first-order valence-electron chi connectivity index (χ1n) is 10.4. The largest absolute Gasteiger partial charge is 0.493 e. The second-order valence-electron chi connectivity index (χ2n) is 7.99. The number of aromatic nitrogens is 4. The van der Waals surface area contributed by atoms with E-state index in [1.54, 1.807) is 38.2 Å². The smallest absolute Gasteiger partial charge is 0.264 e. The number of nitrogens with one attached hydrogen (secondary N) is 1. The van der Waals surface area contributed by atoms with Gasteiger partial charge in [0.15, 0.2) is 23.0 Å². The van der Waals surface area contributed by atoms with Gasteiger partial charge < -0.3 is 19.4 Å². The number of anilines is 1. The highest BCUT2D eigenvalue weighted by atomic mass is 35.5. The van der Waals surface area contributed by atoms with Crippen molar-refractivity contribution < 1.29 is 17.9 Å². The van der Waals surface area contributed by atoms with Gasteiger partial charge in [-0.05, 0) is 29.8 Å². The van der Waals surface area contributed by atoms with Crippen molar-refractivity contribution in [3.05, 3.63) is 62.1 Å². The molecule has 0 fully saturated rings. The van der Waals surface area contributed by atoms with Crippen LogP contribution in [-0.4, -0.2) is 56.5 Å². The summed E-state index contributed by atoms with van der Waals surface area (Å²) in [5.74, 6) is 1.77. The van der Waals surface area contributed by atoms with Gasteiger partial charge in [0, 0.05) is 20.5 Å². The van der Waals surface area contributed by atoms with E-state index in [0.29, 0.717) is 23.1 Å². The Labute approximate surface area is 216 Å². The maximum Gasteiger partial charge on any atom is 0.264 e. The summed E-state index contributed by atoms with van der Waals surface area (Å²) in [7, 11) is 2.46. The van der Waals surface area contributed by atoms with Gasteiger partial charge in [-0.25, -0.2) is 23.2 Å². The van der Waals surface area contributed by atoms with Gasteiger partial charge in [-0.2, -0.15) is 0 Å². The number of sulfonamides is 1. The molecule has 0 atom stereocenters. The molecule has 0 unspecified atom stereocenters. The van der Waals surface area contributed by atoms with Crippen LogP contribution in [0.2, 0.25) is 10.0 Å². The van der Waals surface area contributed by atoms with Gasteiger partial charge in [0.05, 0.1) is 29.2 Å². The fourth-order valence-electron chi connectivity index (χ4n) is 3.70. The minimum absolute atomic E-state index is 0.0373. The molecular weight excluding hydrogens is 531 g/mol. The lowest BCUT2D eigenvalue weighted by molar-refractivity contribution is 0.354. The Morgan fingerprint density at radius 1 is 1.08 bits per heavy atom. The van der Waals surface area contributed by atoms with E-state index in [-0.39, 0.29) is 38.1 Å². The summed E-state index contributed by atoms with van der Waals surface area (Å²) < 4.78 is 35.5. The summed E-state index contributed by atoms with van der Waals surface area (Å²) >= 11 is 12.8. The van der Waals surface area contributed by atoms with Gasteiger partial charge in [0.2, 0.25) is 10.0 Å². The van der Waals surface area contributed by atoms with Crippen LogP contribution >= 0.6 is 23.2 Å². The fourth-order valence-corrected chi connectivity index (χ4v) is 5.04. The molecule has 14 heteroatoms. The second kappa shape index (κ2) is 9.62. The molecule has 0 spiro atoms. The number of hydrogen-bond acceptors (Lipinski definition) is 8. The first kappa shape index (κ1) is 25.8. The average molecular weight is 553 g/mol. The van der Waals surface area contributed by atoms with Crippen molar-refractivity contribution in [2.75, 3.05) is 33.2 Å². The Morgan fingerprint density at radius 2 is 1.72 bits per heavy atom. The Bertz CT molecular complexity index is 1630. The van der Waals surface area contributed by atoms with Gasteiger partial charge in [0.25, 0.3) is 5.56 Å². The molecule has 0 aliphatic carbocycles. The average Bonchev–Trinajstić information content (AvgIpc) is 3.18. The van der Waals surface area contributed by atoms with Crippen molar-refractivity contribution >= 4 is 50.1 Å². The molecule has 190 valence electrons. The maximum atomic E-state index is 13.2. The van der Waals surface area contributed by atoms with E-state index in [9.17, 15) is 13.2 Å². The van der Waals surface area contributed by atoms with Crippen LogP contribution in [0.15, 0.2) is 40.0 Å². The van der Waals surface area contributed by atoms with Crippen molar-refractivity contribution in [1.82, 2.24) is 19.7 Å². The fraction of sp³-hybridized carbons (Fsp3) is 0.227. The van der Waals surface area contributed by atoms with E-state index in [4.69, 9.17) is 37.8 Å². The van der Waals surface area contributed by atoms with Gasteiger partial charge >= 0.3 is 0 Å². The maximum absolute atomic E-state index is 13.2. The molecule has 2 heterocycles. The standard InChI is InChI=1S/C22H22Cl2N6O5S/c1-29(2)21-18-20(30(28-21)19-13(23)9-12(10-14(19)24)36(25,32)33)26-17(27-22(18)31)8-11-5-6-15(34-3)16(7-11)35-4/h5-7,9-10H,8H2,1-4H3,(H2,25,32,33)(H,26,27,31). The normalized spacial score (nSPS) is 11.6. The molecule has 0 aliphatic rings. The van der Waals surface area contributed by atoms with E-state index in [1.165, 1.54) is 23.9 Å². The van der Waals surface area contributed by atoms with Gasteiger partial charge in [-0.1, -0.05) is 29.3 Å². The SMILES string of the molecule is COc1ccc(Cc2nc3c(c(N(C)C)nn3-c3c(Cl)cc(S(N)(=O)=O)cc3Cl)c(=O)[nH]2)cc1OC. The van der Waals surface area contributed by atoms with Crippen LogP contribution in [0.1, 0.15) is 11.4 Å². The zero-order valence-electron chi connectivity index (χ0n) is 19.7. The highest BCUT2D eigenvalue weighted by Crippen LogP contribution is 2.35. The number of rotatable bonds is 7. The number of halogens is 2. The molecule has 3 N–H and O–H groups in total. The van der Waals surface area contributed by atoms with Crippen LogP contribution in [0, 0.1) is 0 Å². The van der Waals surface area contributed by atoms with Crippen LogP contribution in [-0.2, 0) is 16.4 Å². The third-order valence-electron chi connectivity index (χ3n) is 5.34. The van der Waals surface area contributed by atoms with Crippen molar-refractivity contribution in [1.29, 1.82) is 0 Å². The van der Waals surface area contributed by atoms with E-state index in [1.807, 2.05) is 6.07 Å². The Kier molecular flexibility index (Phi) is 6.88. The number of ether oxygens (including phenoxy) is 2. The number of benzene rings is 2. The van der Waals surface area contributed by atoms with Crippen LogP contribution < -0.4 is 25.1 Å². The summed E-state index contributed by atoms with van der Waals surface area (Å²) in [6.07, 6.45) is 0.264. The van der Waals surface area contributed by atoms with Crippen LogP contribution in [0.25, 0.3) is 16.7 Å². The Hall–Kier alpha value is -3.32. The molecule has 0 bridgehead atoms. The summed E-state index contributed by atoms with van der Waals surface area (Å²) in [6, 6.07) is 7.70. The van der Waals surface area contributed by atoms with Crippen LogP contribution in [0.3, 0.4) is 0 Å². The minimum atomic E-state index is -4.05. The molecule has 2 aromatic heterocycles. The van der Waals surface area contributed by atoms with Crippen molar-refractivity contribution in [3.8, 4) is 17.2 Å².